The van der Waals surface area contributed by atoms with Crippen molar-refractivity contribution >= 4 is 6.03 Å². The van der Waals surface area contributed by atoms with Crippen LogP contribution in [0.4, 0.5) is 4.79 Å². The van der Waals surface area contributed by atoms with Crippen molar-refractivity contribution in [2.45, 2.75) is 85.0 Å². The van der Waals surface area contributed by atoms with Gasteiger partial charge in [0.2, 0.25) is 0 Å². The summed E-state index contributed by atoms with van der Waals surface area (Å²) in [6.07, 6.45) is 14.6. The van der Waals surface area contributed by atoms with Gasteiger partial charge in [-0.25, -0.2) is 4.79 Å². The van der Waals surface area contributed by atoms with Gasteiger partial charge in [0.25, 0.3) is 0 Å². The lowest BCUT2D eigenvalue weighted by Gasteiger charge is -2.61. The van der Waals surface area contributed by atoms with Gasteiger partial charge in [-0.1, -0.05) is 33.6 Å². The number of amides is 2. The van der Waals surface area contributed by atoms with E-state index in [2.05, 4.69) is 26.1 Å². The molecule has 0 aliphatic heterocycles. The number of fused-ring (bicyclic) bond motifs is 5. The second-order valence-corrected chi connectivity index (χ2v) is 10.9. The first kappa shape index (κ1) is 18.6. The molecule has 26 heavy (non-hydrogen) atoms. The number of nitrogens with one attached hydrogen (secondary N) is 1. The van der Waals surface area contributed by atoms with Crippen molar-refractivity contribution in [2.75, 3.05) is 6.54 Å². The summed E-state index contributed by atoms with van der Waals surface area (Å²) in [6, 6.07) is -0.371. The number of rotatable bonds is 3. The number of nitrogens with two attached hydrogens (primary N) is 1. The first-order valence-electron chi connectivity index (χ1n) is 11.4. The molecule has 0 spiro atoms. The quantitative estimate of drug-likeness (QED) is 0.701. The highest BCUT2D eigenvalue weighted by molar-refractivity contribution is 5.71. The van der Waals surface area contributed by atoms with Gasteiger partial charge >= 0.3 is 6.03 Å². The monoisotopic (exact) mass is 360 g/mol. The second-order valence-electron chi connectivity index (χ2n) is 10.9. The van der Waals surface area contributed by atoms with E-state index < -0.39 is 0 Å². The van der Waals surface area contributed by atoms with E-state index in [0.717, 1.165) is 36.1 Å². The molecule has 0 aromatic rings. The topological polar surface area (TPSA) is 55.1 Å². The molecule has 4 fully saturated rings. The van der Waals surface area contributed by atoms with E-state index in [9.17, 15) is 4.79 Å². The second kappa shape index (κ2) is 6.71. The molecule has 148 valence electrons. The van der Waals surface area contributed by atoms with Crippen LogP contribution in [-0.2, 0) is 0 Å². The fraction of sp³-hybridized carbons (Fsp3) is 0.957. The van der Waals surface area contributed by atoms with Crippen LogP contribution in [0.5, 0.6) is 0 Å². The van der Waals surface area contributed by atoms with Gasteiger partial charge in [0.15, 0.2) is 0 Å². The Labute approximate surface area is 160 Å². The first-order valence-corrected chi connectivity index (χ1v) is 11.4. The molecule has 0 radical (unpaired) electrons. The summed E-state index contributed by atoms with van der Waals surface area (Å²) in [4.78, 5) is 11.1. The third kappa shape index (κ3) is 2.79. The van der Waals surface area contributed by atoms with E-state index in [4.69, 9.17) is 5.73 Å². The van der Waals surface area contributed by atoms with E-state index in [-0.39, 0.29) is 6.03 Å². The number of primary amides is 1. The van der Waals surface area contributed by atoms with Gasteiger partial charge in [0.05, 0.1) is 0 Å². The molecule has 0 saturated heterocycles. The van der Waals surface area contributed by atoms with Gasteiger partial charge in [0.1, 0.15) is 0 Å². The highest BCUT2D eigenvalue weighted by atomic mass is 16.2. The summed E-state index contributed by atoms with van der Waals surface area (Å²) in [5.74, 6) is 5.17. The molecule has 8 atom stereocenters. The van der Waals surface area contributed by atoms with Crippen molar-refractivity contribution in [1.82, 2.24) is 5.32 Å². The van der Waals surface area contributed by atoms with Gasteiger partial charge in [0, 0.05) is 6.54 Å². The zero-order chi connectivity index (χ0) is 18.5. The van der Waals surface area contributed by atoms with Crippen LogP contribution in [-0.4, -0.2) is 12.6 Å². The Hall–Kier alpha value is -0.730. The molecular formula is C23H40N2O. The van der Waals surface area contributed by atoms with Crippen LogP contribution in [0.15, 0.2) is 0 Å². The summed E-state index contributed by atoms with van der Waals surface area (Å²) < 4.78 is 0. The molecule has 4 aliphatic carbocycles. The molecule has 0 aromatic carbocycles. The van der Waals surface area contributed by atoms with Crippen molar-refractivity contribution < 1.29 is 4.79 Å². The number of urea groups is 1. The summed E-state index contributed by atoms with van der Waals surface area (Å²) in [6.45, 7) is 8.35. The van der Waals surface area contributed by atoms with Crippen LogP contribution in [0.2, 0.25) is 0 Å². The van der Waals surface area contributed by atoms with Crippen LogP contribution in [0.3, 0.4) is 0 Å². The van der Waals surface area contributed by atoms with Crippen molar-refractivity contribution in [1.29, 1.82) is 0 Å². The molecule has 4 saturated carbocycles. The number of hydrogen-bond donors (Lipinski definition) is 2. The molecule has 3 nitrogen and oxygen atoms in total. The maximum absolute atomic E-state index is 11.1. The molecule has 0 bridgehead atoms. The minimum Gasteiger partial charge on any atom is -0.352 e. The van der Waals surface area contributed by atoms with Gasteiger partial charge in [-0.2, -0.15) is 0 Å². The van der Waals surface area contributed by atoms with Crippen LogP contribution < -0.4 is 11.1 Å². The highest BCUT2D eigenvalue weighted by Crippen LogP contribution is 2.68. The summed E-state index contributed by atoms with van der Waals surface area (Å²) in [7, 11) is 0. The lowest BCUT2D eigenvalue weighted by atomic mass is 9.44. The van der Waals surface area contributed by atoms with E-state index in [1.54, 1.807) is 0 Å². The predicted molar refractivity (Wildman–Crippen MR) is 107 cm³/mol. The Kier molecular flexibility index (Phi) is 4.80. The first-order chi connectivity index (χ1) is 12.4. The van der Waals surface area contributed by atoms with Crippen LogP contribution in [0.25, 0.3) is 0 Å². The number of hydrogen-bond acceptors (Lipinski definition) is 1. The van der Waals surface area contributed by atoms with Crippen molar-refractivity contribution in [3.63, 3.8) is 0 Å². The minimum absolute atomic E-state index is 0.371. The SMILES string of the molecule is C[C@H](CNC(N)=O)[C@H]1CC[C@H]2[C@@H]3CCC4CCCC[C@]4(C)[C@H]3CC[C@]12C. The lowest BCUT2D eigenvalue weighted by Crippen LogP contribution is -2.53. The fourth-order valence-corrected chi connectivity index (χ4v) is 8.67. The third-order valence-corrected chi connectivity index (χ3v) is 9.94. The third-order valence-electron chi connectivity index (χ3n) is 9.94. The maximum atomic E-state index is 11.1. The maximum Gasteiger partial charge on any atom is 0.312 e. The summed E-state index contributed by atoms with van der Waals surface area (Å²) in [5, 5.41) is 2.87. The van der Waals surface area contributed by atoms with E-state index >= 15 is 0 Å². The zero-order valence-electron chi connectivity index (χ0n) is 17.2. The van der Waals surface area contributed by atoms with Crippen LogP contribution in [0, 0.1) is 46.3 Å². The van der Waals surface area contributed by atoms with Crippen molar-refractivity contribution in [3.05, 3.63) is 0 Å². The Bertz CT molecular complexity index is 548. The van der Waals surface area contributed by atoms with Gasteiger partial charge in [-0.3, -0.25) is 0 Å². The molecule has 3 N–H and O–H groups in total. The predicted octanol–water partition coefficient (Wildman–Crippen LogP) is 5.34. The fourth-order valence-electron chi connectivity index (χ4n) is 8.67. The molecule has 2 amide bonds. The molecule has 0 heterocycles. The zero-order valence-corrected chi connectivity index (χ0v) is 17.2. The summed E-state index contributed by atoms with van der Waals surface area (Å²) >= 11 is 0. The average molecular weight is 361 g/mol. The average Bonchev–Trinajstić information content (AvgIpc) is 2.96. The number of carbonyl (C=O) groups excluding carboxylic acids is 1. The number of carbonyl (C=O) groups is 1. The smallest absolute Gasteiger partial charge is 0.312 e. The van der Waals surface area contributed by atoms with Crippen molar-refractivity contribution in [2.24, 2.45) is 52.1 Å². The van der Waals surface area contributed by atoms with Gasteiger partial charge in [-0.15, -0.1) is 0 Å². The minimum atomic E-state index is -0.371. The molecular weight excluding hydrogens is 320 g/mol. The largest absolute Gasteiger partial charge is 0.352 e. The van der Waals surface area contributed by atoms with E-state index in [0.29, 0.717) is 16.7 Å². The molecule has 1 unspecified atom stereocenters. The highest BCUT2D eigenvalue weighted by Gasteiger charge is 2.60. The van der Waals surface area contributed by atoms with Crippen LogP contribution in [0.1, 0.15) is 85.0 Å². The van der Waals surface area contributed by atoms with E-state index in [1.807, 2.05) is 0 Å². The Balaban J connectivity index is 1.52. The molecule has 0 aromatic heterocycles. The van der Waals surface area contributed by atoms with Gasteiger partial charge in [-0.05, 0) is 97.7 Å². The Morgan fingerprint density at radius 3 is 2.54 bits per heavy atom. The van der Waals surface area contributed by atoms with E-state index in [1.165, 1.54) is 64.2 Å². The Morgan fingerprint density at radius 2 is 1.77 bits per heavy atom. The molecule has 4 aliphatic rings. The normalized spacial score (nSPS) is 48.8. The summed E-state index contributed by atoms with van der Waals surface area (Å²) in [5.41, 5.74) is 6.44. The lowest BCUT2D eigenvalue weighted by molar-refractivity contribution is -0.114. The van der Waals surface area contributed by atoms with Crippen molar-refractivity contribution in [3.8, 4) is 0 Å². The van der Waals surface area contributed by atoms with Gasteiger partial charge < -0.3 is 11.1 Å². The molecule has 3 heteroatoms. The standard InChI is InChI=1S/C23H40N2O/c1-15(14-25-21(24)26)18-9-10-19-17-8-7-16-6-4-5-12-22(16,2)20(17)11-13-23(18,19)3/h15-20H,4-14H2,1-3H3,(H3,24,25,26)/t15-,16?,17+,18-,19+,20+,22+,23-/m1/s1. The van der Waals surface area contributed by atoms with Crippen LogP contribution >= 0.6 is 0 Å². The molecule has 4 rings (SSSR count). The Morgan fingerprint density at radius 1 is 1.00 bits per heavy atom.